The first-order valence-electron chi connectivity index (χ1n) is 9.03. The Morgan fingerprint density at radius 2 is 1.96 bits per heavy atom. The predicted octanol–water partition coefficient (Wildman–Crippen LogP) is 1.72. The van der Waals surface area contributed by atoms with E-state index in [0.717, 1.165) is 17.7 Å². The molecule has 3 rings (SSSR count). The largest absolute Gasteiger partial charge is 0.497 e. The second-order valence-electron chi connectivity index (χ2n) is 7.11. The van der Waals surface area contributed by atoms with Gasteiger partial charge in [-0.3, -0.25) is 19.3 Å². The number of hydrogen-bond acceptors (Lipinski definition) is 7. The van der Waals surface area contributed by atoms with E-state index in [-0.39, 0.29) is 30.7 Å². The number of piperidine rings is 1. The van der Waals surface area contributed by atoms with Gasteiger partial charge in [0, 0.05) is 25.0 Å². The zero-order chi connectivity index (χ0) is 19.6. The van der Waals surface area contributed by atoms with Gasteiger partial charge < -0.3 is 14.2 Å². The third-order valence-electron chi connectivity index (χ3n) is 5.83. The van der Waals surface area contributed by atoms with E-state index in [4.69, 9.17) is 14.2 Å². The first kappa shape index (κ1) is 19.4. The normalized spacial score (nSPS) is 27.3. The molecule has 2 fully saturated rings. The summed E-state index contributed by atoms with van der Waals surface area (Å²) in [7, 11) is 4.12. The smallest absolute Gasteiger partial charge is 0.321 e. The number of methoxy groups -OCH3 is 3. The van der Waals surface area contributed by atoms with Gasteiger partial charge in [0.05, 0.1) is 27.8 Å². The summed E-state index contributed by atoms with van der Waals surface area (Å²) in [6.07, 6.45) is 1.40. The van der Waals surface area contributed by atoms with Crippen LogP contribution in [-0.4, -0.2) is 56.0 Å². The Morgan fingerprint density at radius 3 is 2.63 bits per heavy atom. The molecule has 2 aliphatic rings. The van der Waals surface area contributed by atoms with Crippen LogP contribution in [0.25, 0.3) is 0 Å². The van der Waals surface area contributed by atoms with Gasteiger partial charge in [-0.05, 0) is 30.5 Å². The second-order valence-corrected chi connectivity index (χ2v) is 7.11. The number of carbonyl (C=O) groups excluding carboxylic acids is 3. The molecule has 7 nitrogen and oxygen atoms in total. The highest BCUT2D eigenvalue weighted by Gasteiger charge is 2.62. The van der Waals surface area contributed by atoms with E-state index in [9.17, 15) is 14.4 Å². The van der Waals surface area contributed by atoms with E-state index in [2.05, 4.69) is 4.90 Å². The fourth-order valence-electron chi connectivity index (χ4n) is 4.51. The van der Waals surface area contributed by atoms with Gasteiger partial charge >= 0.3 is 11.9 Å². The summed E-state index contributed by atoms with van der Waals surface area (Å²) in [5, 5.41) is 0. The third-order valence-corrected chi connectivity index (χ3v) is 5.83. The maximum absolute atomic E-state index is 13.0. The molecule has 0 spiro atoms. The minimum Gasteiger partial charge on any atom is -0.497 e. The highest BCUT2D eigenvalue weighted by atomic mass is 16.5. The number of rotatable bonds is 6. The molecule has 0 amide bonds. The molecule has 27 heavy (non-hydrogen) atoms. The topological polar surface area (TPSA) is 82.1 Å². The van der Waals surface area contributed by atoms with Crippen LogP contribution in [0.2, 0.25) is 0 Å². The fraction of sp³-hybridized carbons (Fsp3) is 0.550. The molecule has 2 heterocycles. The van der Waals surface area contributed by atoms with Crippen molar-refractivity contribution in [2.45, 2.75) is 44.3 Å². The molecule has 7 heteroatoms. The maximum atomic E-state index is 13.0. The average molecular weight is 375 g/mol. The van der Waals surface area contributed by atoms with Gasteiger partial charge in [0.25, 0.3) is 0 Å². The number of hydrogen-bond donors (Lipinski definition) is 0. The van der Waals surface area contributed by atoms with E-state index in [1.807, 2.05) is 24.3 Å². The Morgan fingerprint density at radius 1 is 1.19 bits per heavy atom. The van der Waals surface area contributed by atoms with E-state index >= 15 is 0 Å². The van der Waals surface area contributed by atoms with Crippen molar-refractivity contribution in [2.24, 2.45) is 5.41 Å². The van der Waals surface area contributed by atoms with Crippen molar-refractivity contribution >= 4 is 17.7 Å². The van der Waals surface area contributed by atoms with Gasteiger partial charge in [-0.2, -0.15) is 0 Å². The summed E-state index contributed by atoms with van der Waals surface area (Å²) in [6.45, 7) is 0.569. The Hall–Kier alpha value is -2.41. The lowest BCUT2D eigenvalue weighted by Gasteiger charge is -2.45. The zero-order valence-electron chi connectivity index (χ0n) is 15.9. The van der Waals surface area contributed by atoms with E-state index in [1.54, 1.807) is 7.11 Å². The Balaban J connectivity index is 1.96. The van der Waals surface area contributed by atoms with E-state index in [1.165, 1.54) is 14.2 Å². The van der Waals surface area contributed by atoms with Crippen molar-refractivity contribution in [3.05, 3.63) is 29.8 Å². The molecule has 2 aliphatic heterocycles. The van der Waals surface area contributed by atoms with Crippen LogP contribution in [0.15, 0.2) is 24.3 Å². The van der Waals surface area contributed by atoms with Crippen molar-refractivity contribution in [2.75, 3.05) is 21.3 Å². The summed E-state index contributed by atoms with van der Waals surface area (Å²) < 4.78 is 15.0. The molecule has 146 valence electrons. The molecule has 0 aromatic heterocycles. The third kappa shape index (κ3) is 3.32. The fourth-order valence-corrected chi connectivity index (χ4v) is 4.51. The van der Waals surface area contributed by atoms with Gasteiger partial charge in [-0.1, -0.05) is 12.1 Å². The van der Waals surface area contributed by atoms with Crippen LogP contribution >= 0.6 is 0 Å². The quantitative estimate of drug-likeness (QED) is 0.553. The molecule has 0 N–H and O–H groups in total. The summed E-state index contributed by atoms with van der Waals surface area (Å²) in [5.41, 5.74) is -0.481. The molecule has 2 saturated heterocycles. The van der Waals surface area contributed by atoms with Crippen LogP contribution in [-0.2, 0) is 30.4 Å². The molecule has 1 aromatic rings. The minimum absolute atomic E-state index is 0.0594. The van der Waals surface area contributed by atoms with Crippen molar-refractivity contribution in [1.82, 2.24) is 4.90 Å². The maximum Gasteiger partial charge on any atom is 0.321 e. The van der Waals surface area contributed by atoms with Crippen molar-refractivity contribution < 1.29 is 28.6 Å². The molecule has 3 atom stereocenters. The molecule has 0 saturated carbocycles. The number of carbonyl (C=O) groups is 3. The lowest BCUT2D eigenvalue weighted by Crippen LogP contribution is -2.60. The minimum atomic E-state index is -1.51. The summed E-state index contributed by atoms with van der Waals surface area (Å²) >= 11 is 0. The molecule has 1 aromatic carbocycles. The SMILES string of the molecule is COC(=O)C[C@]1(C(=O)OC)C(=O)C[C@H]2CC[C@H]1N2Cc1cccc(OC)c1. The predicted molar refractivity (Wildman–Crippen MR) is 96.1 cm³/mol. The van der Waals surface area contributed by atoms with Gasteiger partial charge in [-0.15, -0.1) is 0 Å². The lowest BCUT2D eigenvalue weighted by atomic mass is 9.70. The van der Waals surface area contributed by atoms with Gasteiger partial charge in [0.15, 0.2) is 11.2 Å². The highest BCUT2D eigenvalue weighted by Crippen LogP contribution is 2.48. The van der Waals surface area contributed by atoms with Crippen LogP contribution in [0.5, 0.6) is 5.75 Å². The first-order valence-corrected chi connectivity index (χ1v) is 9.03. The first-order chi connectivity index (χ1) is 13.0. The van der Waals surface area contributed by atoms with E-state index < -0.39 is 17.4 Å². The molecular weight excluding hydrogens is 350 g/mol. The lowest BCUT2D eigenvalue weighted by molar-refractivity contribution is -0.172. The van der Waals surface area contributed by atoms with Crippen LogP contribution < -0.4 is 4.74 Å². The van der Waals surface area contributed by atoms with Crippen LogP contribution in [0, 0.1) is 5.41 Å². The van der Waals surface area contributed by atoms with E-state index in [0.29, 0.717) is 13.0 Å². The van der Waals surface area contributed by atoms with Crippen molar-refractivity contribution in [3.63, 3.8) is 0 Å². The standard InChI is InChI=1S/C20H25NO6/c1-25-15-6-4-5-13(9-15)12-21-14-7-8-16(21)20(17(22)10-14,19(24)27-3)11-18(23)26-2/h4-6,9,14,16H,7-8,10-12H2,1-3H3/t14-,16-,20-/m1/s1. The molecule has 0 aliphatic carbocycles. The summed E-state index contributed by atoms with van der Waals surface area (Å²) in [5.74, 6) is -0.713. The van der Waals surface area contributed by atoms with Crippen LogP contribution in [0.1, 0.15) is 31.2 Å². The summed E-state index contributed by atoms with van der Waals surface area (Å²) in [6, 6.07) is 7.38. The number of ether oxygens (including phenoxy) is 3. The molecular formula is C20H25NO6. The monoisotopic (exact) mass is 375 g/mol. The average Bonchev–Trinajstić information content (AvgIpc) is 3.00. The second kappa shape index (κ2) is 7.68. The van der Waals surface area contributed by atoms with Gasteiger partial charge in [0.1, 0.15) is 5.75 Å². The van der Waals surface area contributed by atoms with Gasteiger partial charge in [-0.25, -0.2) is 0 Å². The summed E-state index contributed by atoms with van der Waals surface area (Å²) in [4.78, 5) is 39.9. The molecule has 2 bridgehead atoms. The van der Waals surface area contributed by atoms with Crippen molar-refractivity contribution in [1.29, 1.82) is 0 Å². The molecule has 0 radical (unpaired) electrons. The highest BCUT2D eigenvalue weighted by molar-refractivity contribution is 6.08. The number of esters is 2. The Bertz CT molecular complexity index is 748. The van der Waals surface area contributed by atoms with Crippen molar-refractivity contribution in [3.8, 4) is 5.75 Å². The van der Waals surface area contributed by atoms with Crippen LogP contribution in [0.3, 0.4) is 0 Å². The molecule has 0 unspecified atom stereocenters. The number of benzene rings is 1. The number of nitrogens with zero attached hydrogens (tertiary/aromatic N) is 1. The number of Topliss-reactive ketones (excluding diaryl/α,β-unsaturated/α-hetero) is 1. The zero-order valence-corrected chi connectivity index (χ0v) is 15.9. The number of fused-ring (bicyclic) bond motifs is 2. The van der Waals surface area contributed by atoms with Gasteiger partial charge in [0.2, 0.25) is 0 Å². The Kier molecular flexibility index (Phi) is 5.51. The number of ketones is 1. The van der Waals surface area contributed by atoms with Crippen LogP contribution in [0.4, 0.5) is 0 Å². The Labute approximate surface area is 158 Å².